The Morgan fingerprint density at radius 1 is 0.738 bits per heavy atom. The maximum Gasteiger partial charge on any atom is 0.407 e. The molecule has 1 heterocycles. The minimum Gasteiger partial charge on any atom is -0.445 e. The van der Waals surface area contributed by atoms with Gasteiger partial charge in [0.1, 0.15) is 6.61 Å². The molecule has 0 aliphatic carbocycles. The minimum atomic E-state index is -0.616. The molecular formula is C36H39N3O3. The molecule has 0 fully saturated rings. The average Bonchev–Trinajstić information content (AvgIpc) is 3.05. The third-order valence-corrected chi connectivity index (χ3v) is 8.13. The van der Waals surface area contributed by atoms with Crippen molar-refractivity contribution in [3.63, 3.8) is 0 Å². The summed E-state index contributed by atoms with van der Waals surface area (Å²) in [5.41, 5.74) is 5.67. The Bertz CT molecular complexity index is 1390. The molecule has 0 radical (unpaired) electrons. The average molecular weight is 562 g/mol. The molecule has 0 atom stereocenters. The molecule has 0 saturated carbocycles. The summed E-state index contributed by atoms with van der Waals surface area (Å²) < 4.78 is 5.26. The summed E-state index contributed by atoms with van der Waals surface area (Å²) in [6.45, 7) is 3.44. The van der Waals surface area contributed by atoms with Crippen LogP contribution in [0.15, 0.2) is 115 Å². The standard InChI is InChI=1S/C36H39N3O3/c40-34(25-37-35(41)42-27-29-13-4-1-5-14-29)38-28-36(32-17-6-2-7-18-32,33-19-8-3-9-20-33)22-12-23-39-24-21-30-15-10-11-16-31(30)26-39/h1-11,13-20H,12,21-28H2,(H,37,41)(H,38,40). The number of rotatable bonds is 12. The number of amides is 2. The third kappa shape index (κ3) is 7.65. The monoisotopic (exact) mass is 561 g/mol. The number of benzene rings is 4. The Labute approximate surface area is 248 Å². The zero-order valence-electron chi connectivity index (χ0n) is 24.0. The van der Waals surface area contributed by atoms with Crippen LogP contribution >= 0.6 is 0 Å². The third-order valence-electron chi connectivity index (χ3n) is 8.13. The molecule has 2 amide bonds. The number of carbonyl (C=O) groups is 2. The van der Waals surface area contributed by atoms with Crippen molar-refractivity contribution in [2.24, 2.45) is 0 Å². The van der Waals surface area contributed by atoms with Gasteiger partial charge in [-0.2, -0.15) is 0 Å². The van der Waals surface area contributed by atoms with Crippen LogP contribution in [-0.2, 0) is 34.5 Å². The Kier molecular flexibility index (Phi) is 10.0. The summed E-state index contributed by atoms with van der Waals surface area (Å²) in [6.07, 6.45) is 2.31. The first-order chi connectivity index (χ1) is 20.6. The van der Waals surface area contributed by atoms with E-state index in [2.05, 4.69) is 88.3 Å². The molecule has 0 saturated heterocycles. The molecule has 0 aromatic heterocycles. The van der Waals surface area contributed by atoms with Crippen LogP contribution in [0.1, 0.15) is 40.7 Å². The lowest BCUT2D eigenvalue weighted by molar-refractivity contribution is -0.120. The van der Waals surface area contributed by atoms with Gasteiger partial charge in [0.05, 0.1) is 6.54 Å². The van der Waals surface area contributed by atoms with Crippen molar-refractivity contribution < 1.29 is 14.3 Å². The van der Waals surface area contributed by atoms with E-state index in [0.717, 1.165) is 55.6 Å². The van der Waals surface area contributed by atoms with E-state index in [-0.39, 0.29) is 19.1 Å². The molecule has 0 spiro atoms. The number of nitrogens with zero attached hydrogens (tertiary/aromatic N) is 1. The normalized spacial score (nSPS) is 13.1. The molecule has 6 nitrogen and oxygen atoms in total. The van der Waals surface area contributed by atoms with Gasteiger partial charge in [-0.15, -0.1) is 0 Å². The van der Waals surface area contributed by atoms with Gasteiger partial charge in [0.25, 0.3) is 0 Å². The summed E-state index contributed by atoms with van der Waals surface area (Å²) in [7, 11) is 0. The summed E-state index contributed by atoms with van der Waals surface area (Å²) >= 11 is 0. The zero-order chi connectivity index (χ0) is 29.0. The topological polar surface area (TPSA) is 70.7 Å². The van der Waals surface area contributed by atoms with Gasteiger partial charge in [0.2, 0.25) is 5.91 Å². The molecule has 0 unspecified atom stereocenters. The van der Waals surface area contributed by atoms with Gasteiger partial charge in [-0.1, -0.05) is 115 Å². The zero-order valence-corrected chi connectivity index (χ0v) is 24.0. The number of hydrogen-bond acceptors (Lipinski definition) is 4. The summed E-state index contributed by atoms with van der Waals surface area (Å²) in [4.78, 5) is 27.7. The Hall–Kier alpha value is -4.42. The first kappa shape index (κ1) is 29.1. The van der Waals surface area contributed by atoms with Gasteiger partial charge in [-0.3, -0.25) is 9.69 Å². The molecule has 0 bridgehead atoms. The summed E-state index contributed by atoms with van der Waals surface area (Å²) in [5, 5.41) is 5.71. The van der Waals surface area contributed by atoms with E-state index in [1.165, 1.54) is 11.1 Å². The van der Waals surface area contributed by atoms with Crippen molar-refractivity contribution >= 4 is 12.0 Å². The lowest BCUT2D eigenvalue weighted by Crippen LogP contribution is -2.45. The second kappa shape index (κ2) is 14.5. The van der Waals surface area contributed by atoms with Crippen LogP contribution < -0.4 is 10.6 Å². The van der Waals surface area contributed by atoms with Crippen molar-refractivity contribution in [3.05, 3.63) is 143 Å². The lowest BCUT2D eigenvalue weighted by Gasteiger charge is -2.37. The molecule has 1 aliphatic heterocycles. The maximum atomic E-state index is 13.0. The van der Waals surface area contributed by atoms with Gasteiger partial charge < -0.3 is 15.4 Å². The highest BCUT2D eigenvalue weighted by molar-refractivity contribution is 5.82. The van der Waals surface area contributed by atoms with E-state index < -0.39 is 11.5 Å². The fraction of sp³-hybridized carbons (Fsp3) is 0.278. The molecule has 4 aromatic carbocycles. The van der Waals surface area contributed by atoms with Crippen LogP contribution in [0.5, 0.6) is 0 Å². The summed E-state index contributed by atoms with van der Waals surface area (Å²) in [5.74, 6) is -0.254. The van der Waals surface area contributed by atoms with Gasteiger partial charge >= 0.3 is 6.09 Å². The highest BCUT2D eigenvalue weighted by atomic mass is 16.5. The van der Waals surface area contributed by atoms with Crippen LogP contribution in [0, 0.1) is 0 Å². The van der Waals surface area contributed by atoms with Crippen LogP contribution in [-0.4, -0.2) is 43.1 Å². The van der Waals surface area contributed by atoms with Crippen molar-refractivity contribution in [3.8, 4) is 0 Å². The first-order valence-corrected chi connectivity index (χ1v) is 14.7. The van der Waals surface area contributed by atoms with Gasteiger partial charge in [-0.05, 0) is 53.6 Å². The van der Waals surface area contributed by atoms with Crippen molar-refractivity contribution in [2.75, 3.05) is 26.2 Å². The van der Waals surface area contributed by atoms with Crippen molar-refractivity contribution in [2.45, 2.75) is 37.8 Å². The number of alkyl carbamates (subject to hydrolysis) is 1. The molecular weight excluding hydrogens is 522 g/mol. The molecule has 4 aromatic rings. The van der Waals surface area contributed by atoms with Crippen LogP contribution in [0.25, 0.3) is 0 Å². The largest absolute Gasteiger partial charge is 0.445 e. The van der Waals surface area contributed by atoms with E-state index in [0.29, 0.717) is 6.54 Å². The van der Waals surface area contributed by atoms with E-state index in [9.17, 15) is 9.59 Å². The van der Waals surface area contributed by atoms with Gasteiger partial charge in [0.15, 0.2) is 0 Å². The molecule has 1 aliphatic rings. The first-order valence-electron chi connectivity index (χ1n) is 14.7. The van der Waals surface area contributed by atoms with Gasteiger partial charge in [0, 0.05) is 25.0 Å². The van der Waals surface area contributed by atoms with Gasteiger partial charge in [-0.25, -0.2) is 4.79 Å². The highest BCUT2D eigenvalue weighted by Crippen LogP contribution is 2.37. The number of hydrogen-bond donors (Lipinski definition) is 2. The van der Waals surface area contributed by atoms with E-state index in [4.69, 9.17) is 4.74 Å². The number of carbonyl (C=O) groups excluding carboxylic acids is 2. The van der Waals surface area contributed by atoms with E-state index >= 15 is 0 Å². The van der Waals surface area contributed by atoms with Crippen LogP contribution in [0.3, 0.4) is 0 Å². The second-order valence-corrected chi connectivity index (χ2v) is 10.9. The Morgan fingerprint density at radius 3 is 2.00 bits per heavy atom. The Balaban J connectivity index is 1.24. The van der Waals surface area contributed by atoms with Crippen molar-refractivity contribution in [1.29, 1.82) is 0 Å². The smallest absolute Gasteiger partial charge is 0.407 e. The van der Waals surface area contributed by atoms with Crippen LogP contribution in [0.4, 0.5) is 4.79 Å². The van der Waals surface area contributed by atoms with Crippen molar-refractivity contribution in [1.82, 2.24) is 15.5 Å². The SMILES string of the molecule is O=C(CNC(=O)OCc1ccccc1)NCC(CCCN1CCc2ccccc2C1)(c1ccccc1)c1ccccc1. The second-order valence-electron chi connectivity index (χ2n) is 10.9. The highest BCUT2D eigenvalue weighted by Gasteiger charge is 2.34. The number of nitrogens with one attached hydrogen (secondary N) is 2. The van der Waals surface area contributed by atoms with Crippen LogP contribution in [0.2, 0.25) is 0 Å². The predicted octanol–water partition coefficient (Wildman–Crippen LogP) is 5.85. The quantitative estimate of drug-likeness (QED) is 0.228. The molecule has 6 heteroatoms. The predicted molar refractivity (Wildman–Crippen MR) is 166 cm³/mol. The number of ether oxygens (including phenoxy) is 1. The fourth-order valence-corrected chi connectivity index (χ4v) is 5.85. The summed E-state index contributed by atoms with van der Waals surface area (Å²) in [6, 6.07) is 39.0. The molecule has 5 rings (SSSR count). The lowest BCUT2D eigenvalue weighted by atomic mass is 9.71. The Morgan fingerprint density at radius 2 is 1.33 bits per heavy atom. The maximum absolute atomic E-state index is 13.0. The van der Waals surface area contributed by atoms with E-state index in [1.54, 1.807) is 0 Å². The number of fused-ring (bicyclic) bond motifs is 1. The molecule has 2 N–H and O–H groups in total. The molecule has 216 valence electrons. The molecule has 42 heavy (non-hydrogen) atoms. The fourth-order valence-electron chi connectivity index (χ4n) is 5.85. The minimum absolute atomic E-state index is 0.152. The van der Waals surface area contributed by atoms with E-state index in [1.807, 2.05) is 42.5 Å².